The summed E-state index contributed by atoms with van der Waals surface area (Å²) in [5.74, 6) is -15.4. The molecule has 0 saturated carbocycles. The van der Waals surface area contributed by atoms with Crippen molar-refractivity contribution in [2.24, 2.45) is 0 Å². The normalized spacial score (nSPS) is 16.2. The van der Waals surface area contributed by atoms with Gasteiger partial charge in [0.1, 0.15) is 0 Å². The van der Waals surface area contributed by atoms with Gasteiger partial charge in [0.2, 0.25) is 6.17 Å². The number of alkyl halides is 25. The Hall–Kier alpha value is -1.83. The van der Waals surface area contributed by atoms with Crippen LogP contribution in [-0.4, -0.2) is 82.0 Å². The summed E-state index contributed by atoms with van der Waals surface area (Å²) in [6.45, 7) is -3.40. The van der Waals surface area contributed by atoms with Gasteiger partial charge in [0.05, 0.1) is 20.8 Å². The molecule has 0 radical (unpaired) electrons. The molecule has 0 aliphatic heterocycles. The minimum absolute atomic E-state index is 0.500. The predicted molar refractivity (Wildman–Crippen MR) is 79.6 cm³/mol. The molecule has 2 atom stereocenters. The maximum absolute atomic E-state index is 13.3. The van der Waals surface area contributed by atoms with Crippen LogP contribution in [0.4, 0.5) is 110 Å². The minimum Gasteiger partial charge on any atom is -0.262 e. The summed E-state index contributed by atoms with van der Waals surface area (Å²) >= 11 is 0. The zero-order chi connectivity index (χ0) is 34.9. The highest BCUT2D eigenvalue weighted by Crippen LogP contribution is 2.55. The van der Waals surface area contributed by atoms with E-state index >= 15 is 0 Å². The molecule has 0 aliphatic carbocycles. The Morgan fingerprint density at radius 1 is 0.512 bits per heavy atom. The molecule has 0 rings (SSSR count). The fourth-order valence-electron chi connectivity index (χ4n) is 1.29. The molecular weight excluding hydrogens is 675 g/mol. The average Bonchev–Trinajstić information content (AvgIpc) is 2.72. The van der Waals surface area contributed by atoms with Gasteiger partial charge in [-0.15, -0.1) is 0 Å². The van der Waals surface area contributed by atoms with Crippen molar-refractivity contribution in [3.05, 3.63) is 0 Å². The Balaban J connectivity index is -0.000000379. The second kappa shape index (κ2) is 15.1. The Bertz CT molecular complexity index is 718. The first-order valence-corrected chi connectivity index (χ1v) is 8.43. The van der Waals surface area contributed by atoms with Crippen LogP contribution in [0.5, 0.6) is 0 Å². The summed E-state index contributed by atoms with van der Waals surface area (Å²) in [5, 5.41) is 0. The first kappa shape index (κ1) is 46.1. The summed E-state index contributed by atoms with van der Waals surface area (Å²) in [6.07, 6.45) is -53.0. The molecule has 27 heteroatoms. The van der Waals surface area contributed by atoms with E-state index in [1.165, 1.54) is 4.74 Å². The Labute approximate surface area is 209 Å². The third kappa shape index (κ3) is 13.8. The third-order valence-corrected chi connectivity index (χ3v) is 2.93. The highest BCUT2D eigenvalue weighted by Gasteiger charge is 2.84. The first-order valence-electron chi connectivity index (χ1n) is 8.43. The van der Waals surface area contributed by atoms with E-state index in [1.807, 2.05) is 0 Å². The van der Waals surface area contributed by atoms with Gasteiger partial charge in [-0.2, -0.15) is 92.2 Å². The van der Waals surface area contributed by atoms with Crippen LogP contribution in [0.1, 0.15) is 6.42 Å². The van der Waals surface area contributed by atoms with Crippen LogP contribution in [0.25, 0.3) is 0 Å². The second-order valence-electron chi connectivity index (χ2n) is 6.00. The Morgan fingerprint density at radius 3 is 1.05 bits per heavy atom. The van der Waals surface area contributed by atoms with Gasteiger partial charge in [0.25, 0.3) is 0 Å². The molecular formula is C14H11F25O2. The first-order chi connectivity index (χ1) is 17.6. The molecule has 41 heavy (non-hydrogen) atoms. The fourth-order valence-corrected chi connectivity index (χ4v) is 1.29. The van der Waals surface area contributed by atoms with Crippen molar-refractivity contribution in [2.75, 3.05) is 21.0 Å². The largest absolute Gasteiger partial charge is 0.462 e. The van der Waals surface area contributed by atoms with E-state index in [0.717, 1.165) is 0 Å². The smallest absolute Gasteiger partial charge is 0.262 e. The fraction of sp³-hybridized carbons (Fsp3) is 1.00. The van der Waals surface area contributed by atoms with Gasteiger partial charge in [0, 0.05) is 0 Å². The van der Waals surface area contributed by atoms with Crippen molar-refractivity contribution in [1.29, 1.82) is 0 Å². The van der Waals surface area contributed by atoms with E-state index in [1.54, 1.807) is 4.74 Å². The van der Waals surface area contributed by atoms with Crippen LogP contribution in [0, 0.1) is 0 Å². The van der Waals surface area contributed by atoms with Crippen LogP contribution >= 0.6 is 0 Å². The summed E-state index contributed by atoms with van der Waals surface area (Å²) in [6, 6.07) is 0. The average molecular weight is 686 g/mol. The van der Waals surface area contributed by atoms with E-state index in [4.69, 9.17) is 0 Å². The standard InChI is InChI=1S/C8H2F16O2.C4H3F7.2CH3F/c9-1-2(10,11)25-8(23,24)4(14,6(18,19)20)26-7(21,22)3(12,13)5(15,16)17;5-2(4(9,10)11)1-3(6,7)8;2*1-2/h1H2;2H,1H2;2*1H3. The van der Waals surface area contributed by atoms with Crippen molar-refractivity contribution in [2.45, 2.75) is 67.4 Å². The van der Waals surface area contributed by atoms with Crippen molar-refractivity contribution in [1.82, 2.24) is 0 Å². The van der Waals surface area contributed by atoms with E-state index in [2.05, 4.69) is 0 Å². The third-order valence-electron chi connectivity index (χ3n) is 2.93. The lowest BCUT2D eigenvalue weighted by Gasteiger charge is -2.38. The number of halogens is 25. The van der Waals surface area contributed by atoms with Crippen LogP contribution in [-0.2, 0) is 9.47 Å². The highest BCUT2D eigenvalue weighted by molar-refractivity contribution is 4.93. The van der Waals surface area contributed by atoms with Crippen molar-refractivity contribution in [3.8, 4) is 0 Å². The van der Waals surface area contributed by atoms with Crippen molar-refractivity contribution >= 4 is 0 Å². The monoisotopic (exact) mass is 686 g/mol. The lowest BCUT2D eigenvalue weighted by atomic mass is 10.2. The molecule has 0 fully saturated rings. The van der Waals surface area contributed by atoms with Gasteiger partial charge in [-0.3, -0.25) is 13.5 Å². The van der Waals surface area contributed by atoms with Gasteiger partial charge < -0.3 is 0 Å². The number of hydrogen-bond acceptors (Lipinski definition) is 2. The number of hydrogen-bond donors (Lipinski definition) is 0. The highest BCUT2D eigenvalue weighted by atomic mass is 19.4. The molecule has 0 bridgehead atoms. The maximum Gasteiger partial charge on any atom is 0.462 e. The molecule has 0 heterocycles. The molecule has 0 aromatic carbocycles. The SMILES string of the molecule is CF.CF.FC(CC(F)(F)F)C(F)(F)F.FCC(F)(F)OC(F)(F)C(F)(OC(F)(F)C(F)(F)C(F)(F)F)C(F)(F)F. The molecule has 0 aromatic rings. The van der Waals surface area contributed by atoms with E-state index < -0.39 is 74.1 Å². The van der Waals surface area contributed by atoms with Gasteiger partial charge in [-0.1, -0.05) is 0 Å². The lowest BCUT2D eigenvalue weighted by Crippen LogP contribution is -2.66. The Kier molecular flexibility index (Phi) is 17.0. The zero-order valence-electron chi connectivity index (χ0n) is 18.8. The van der Waals surface area contributed by atoms with Crippen molar-refractivity contribution in [3.63, 3.8) is 0 Å². The van der Waals surface area contributed by atoms with Crippen molar-refractivity contribution < 1.29 is 119 Å². The minimum atomic E-state index is -7.70. The van der Waals surface area contributed by atoms with E-state index in [-0.39, 0.29) is 0 Å². The van der Waals surface area contributed by atoms with Crippen LogP contribution < -0.4 is 0 Å². The molecule has 0 saturated heterocycles. The predicted octanol–water partition coefficient (Wildman–Crippen LogP) is 9.20. The number of ether oxygens (including phenoxy) is 2. The van der Waals surface area contributed by atoms with E-state index in [0.29, 0.717) is 14.4 Å². The van der Waals surface area contributed by atoms with Crippen LogP contribution in [0.2, 0.25) is 0 Å². The molecule has 254 valence electrons. The molecule has 0 aromatic heterocycles. The molecule has 2 unspecified atom stereocenters. The van der Waals surface area contributed by atoms with E-state index in [9.17, 15) is 110 Å². The summed E-state index contributed by atoms with van der Waals surface area (Å²) < 4.78 is 297. The van der Waals surface area contributed by atoms with Gasteiger partial charge in [-0.25, -0.2) is 13.5 Å². The van der Waals surface area contributed by atoms with Gasteiger partial charge in [-0.05, 0) is 0 Å². The topological polar surface area (TPSA) is 18.5 Å². The molecule has 0 aliphatic rings. The quantitative estimate of drug-likeness (QED) is 0.237. The van der Waals surface area contributed by atoms with Gasteiger partial charge >= 0.3 is 54.8 Å². The van der Waals surface area contributed by atoms with Gasteiger partial charge in [0.15, 0.2) is 6.67 Å². The lowest BCUT2D eigenvalue weighted by molar-refractivity contribution is -0.549. The molecule has 0 N–H and O–H groups in total. The molecule has 0 spiro atoms. The zero-order valence-corrected chi connectivity index (χ0v) is 18.8. The van der Waals surface area contributed by atoms with Crippen LogP contribution in [0.3, 0.4) is 0 Å². The maximum atomic E-state index is 13.3. The summed E-state index contributed by atoms with van der Waals surface area (Å²) in [7, 11) is 1.00. The second-order valence-corrected chi connectivity index (χ2v) is 6.00. The summed E-state index contributed by atoms with van der Waals surface area (Å²) in [4.78, 5) is 0. The number of rotatable bonds is 8. The van der Waals surface area contributed by atoms with Crippen LogP contribution in [0.15, 0.2) is 0 Å². The Morgan fingerprint density at radius 2 is 0.854 bits per heavy atom. The molecule has 2 nitrogen and oxygen atoms in total. The summed E-state index contributed by atoms with van der Waals surface area (Å²) in [5.41, 5.74) is 0. The molecule has 0 amide bonds.